The number of halogens is 4. The van der Waals surface area contributed by atoms with Gasteiger partial charge in [0, 0.05) is 0 Å². The molecule has 284 valence electrons. The van der Waals surface area contributed by atoms with Gasteiger partial charge in [0.25, 0.3) is 0 Å². The van der Waals surface area contributed by atoms with Crippen molar-refractivity contribution in [1.29, 1.82) is 0 Å². The van der Waals surface area contributed by atoms with Crippen molar-refractivity contribution in [2.24, 2.45) is 0 Å². The predicted molar refractivity (Wildman–Crippen MR) is 233 cm³/mol. The Hall–Kier alpha value is -4.01. The molecule has 0 nitrogen and oxygen atoms in total. The molecule has 3 aliphatic rings. The molecule has 1 unspecified atom stereocenters. The number of hydrogen-bond acceptors (Lipinski definition) is 0. The van der Waals surface area contributed by atoms with Crippen LogP contribution in [0.3, 0.4) is 0 Å². The first kappa shape index (κ1) is 44.7. The summed E-state index contributed by atoms with van der Waals surface area (Å²) in [7, 11) is 0. The van der Waals surface area contributed by atoms with Gasteiger partial charge in [0.15, 0.2) is 0 Å². The van der Waals surface area contributed by atoms with Crippen LogP contribution in [0.15, 0.2) is 157 Å². The van der Waals surface area contributed by atoms with Gasteiger partial charge >= 0.3 is 120 Å². The van der Waals surface area contributed by atoms with Gasteiger partial charge in [0.05, 0.1) is 0 Å². The Labute approximate surface area is 359 Å². The molecule has 0 bridgehead atoms. The van der Waals surface area contributed by atoms with Crippen molar-refractivity contribution in [2.45, 2.75) is 64.7 Å². The first-order valence-electron chi connectivity index (χ1n) is 18.8. The molecule has 0 radical (unpaired) electrons. The summed E-state index contributed by atoms with van der Waals surface area (Å²) in [6, 6.07) is 39.6. The third kappa shape index (κ3) is 11.3. The van der Waals surface area contributed by atoms with Crippen molar-refractivity contribution in [3.05, 3.63) is 213 Å². The largest absolute Gasteiger partial charge is 0.273 e. The molecule has 0 heterocycles. The second kappa shape index (κ2) is 21.5. The SMILES string of the molecule is CCCCC1(c2ccccc2)[C-]=C2C=c3cc(-c4ccccc4)c(C)cc3=C2C=C1C.Cl.Cl.Fc1ccc(C[C](=[Zr+2])Cc2ccc(F)cc2)cc1.[C-]1=CC=CC1. The predicted octanol–water partition coefficient (Wildman–Crippen LogP) is 12.0. The van der Waals surface area contributed by atoms with Crippen LogP contribution < -0.4 is 10.4 Å². The number of hydrogen-bond donors (Lipinski definition) is 0. The standard InChI is InChI=1S/C31H29.C15H12F2.C5H5.2ClH.Zr/c1-4-5-16-31(27-14-10-7-11-15-27)21-26-19-25-20-28(24-12-8-6-9-13-24)22(2)17-29(25)30(26)18-23(31)3;16-14-8-4-12(5-9-14)2-1-3-13-6-10-15(17)11-7-13;1-2-4-5-3-1;;;/h6-15,17-20H,4-5,16H2,1-3H3;4-11H,2-3H2;1-3H,4H2;2*1H;/q-1;;-1;;;+2. The van der Waals surface area contributed by atoms with Gasteiger partial charge in [-0.2, -0.15) is 23.8 Å². The van der Waals surface area contributed by atoms with Gasteiger partial charge in [-0.05, 0) is 47.9 Å². The van der Waals surface area contributed by atoms with Gasteiger partial charge in [-0.15, -0.1) is 42.9 Å². The van der Waals surface area contributed by atoms with Gasteiger partial charge < -0.3 is 0 Å². The van der Waals surface area contributed by atoms with Crippen LogP contribution in [0.5, 0.6) is 0 Å². The Bertz CT molecular complexity index is 2260. The molecule has 0 saturated carbocycles. The van der Waals surface area contributed by atoms with Gasteiger partial charge in [-0.1, -0.05) is 109 Å². The molecule has 8 rings (SSSR count). The van der Waals surface area contributed by atoms with E-state index in [0.29, 0.717) is 0 Å². The summed E-state index contributed by atoms with van der Waals surface area (Å²) >= 11 is 1.36. The number of benzene rings is 5. The van der Waals surface area contributed by atoms with Crippen molar-refractivity contribution in [1.82, 2.24) is 0 Å². The van der Waals surface area contributed by atoms with Gasteiger partial charge in [-0.25, -0.2) is 12.2 Å². The van der Waals surface area contributed by atoms with E-state index in [1.54, 1.807) is 0 Å². The summed E-state index contributed by atoms with van der Waals surface area (Å²) in [4.78, 5) is 0. The molecule has 0 aliphatic heterocycles. The Morgan fingerprint density at radius 2 is 1.34 bits per heavy atom. The van der Waals surface area contributed by atoms with E-state index in [1.807, 2.05) is 36.4 Å². The minimum Gasteiger partial charge on any atom is -0.273 e. The van der Waals surface area contributed by atoms with Crippen LogP contribution in [-0.4, -0.2) is 3.21 Å². The van der Waals surface area contributed by atoms with Crippen LogP contribution in [0, 0.1) is 30.7 Å². The van der Waals surface area contributed by atoms with Crippen LogP contribution in [0.2, 0.25) is 0 Å². The normalized spacial score (nSPS) is 15.6. The van der Waals surface area contributed by atoms with E-state index in [4.69, 9.17) is 0 Å². The topological polar surface area (TPSA) is 0 Å². The van der Waals surface area contributed by atoms with E-state index in [-0.39, 0.29) is 41.9 Å². The summed E-state index contributed by atoms with van der Waals surface area (Å²) in [6.45, 7) is 6.79. The van der Waals surface area contributed by atoms with Crippen LogP contribution in [0.4, 0.5) is 8.78 Å². The van der Waals surface area contributed by atoms with Crippen molar-refractivity contribution in [2.75, 3.05) is 0 Å². The summed E-state index contributed by atoms with van der Waals surface area (Å²) < 4.78 is 26.9. The Balaban J connectivity index is 0.000000236. The van der Waals surface area contributed by atoms with E-state index in [0.717, 1.165) is 36.8 Å². The number of rotatable bonds is 9. The van der Waals surface area contributed by atoms with Crippen molar-refractivity contribution >= 4 is 39.7 Å². The fourth-order valence-corrected chi connectivity index (χ4v) is 8.28. The fourth-order valence-electron chi connectivity index (χ4n) is 7.28. The van der Waals surface area contributed by atoms with Crippen LogP contribution in [0.25, 0.3) is 22.8 Å². The van der Waals surface area contributed by atoms with Crippen molar-refractivity contribution in [3.63, 3.8) is 0 Å². The second-order valence-electron chi connectivity index (χ2n) is 14.1. The van der Waals surface area contributed by atoms with E-state index >= 15 is 0 Å². The maximum atomic E-state index is 12.8. The summed E-state index contributed by atoms with van der Waals surface area (Å²) in [5, 5.41) is 2.65. The Morgan fingerprint density at radius 3 is 1.86 bits per heavy atom. The molecule has 0 saturated heterocycles. The first-order valence-corrected chi connectivity index (χ1v) is 20.1. The zero-order chi connectivity index (χ0) is 37.9. The summed E-state index contributed by atoms with van der Waals surface area (Å²) in [5.74, 6) is -0.411. The van der Waals surface area contributed by atoms with E-state index < -0.39 is 0 Å². The van der Waals surface area contributed by atoms with Crippen LogP contribution >= 0.6 is 24.8 Å². The Morgan fingerprint density at radius 1 is 0.750 bits per heavy atom. The molecule has 56 heavy (non-hydrogen) atoms. The molecule has 5 heteroatoms. The zero-order valence-electron chi connectivity index (χ0n) is 32.2. The average molecular weight is 861 g/mol. The third-order valence-corrected chi connectivity index (χ3v) is 11.0. The molecule has 5 aromatic rings. The first-order chi connectivity index (χ1) is 26.3. The molecule has 5 aromatic carbocycles. The number of fused-ring (bicyclic) bond motifs is 2. The smallest absolute Gasteiger partial charge is 0.109 e. The second-order valence-corrected chi connectivity index (χ2v) is 15.9. The Kier molecular flexibility index (Phi) is 17.2. The third-order valence-electron chi connectivity index (χ3n) is 10.2. The van der Waals surface area contributed by atoms with E-state index in [2.05, 4.69) is 124 Å². The minimum absolute atomic E-state index is 0. The van der Waals surface area contributed by atoms with Gasteiger partial charge in [-0.3, -0.25) is 6.08 Å². The van der Waals surface area contributed by atoms with Gasteiger partial charge in [0.2, 0.25) is 0 Å². The van der Waals surface area contributed by atoms with E-state index in [9.17, 15) is 8.78 Å². The molecule has 0 N–H and O–H groups in total. The van der Waals surface area contributed by atoms with Crippen molar-refractivity contribution in [3.8, 4) is 11.1 Å². The van der Waals surface area contributed by atoms with Crippen LogP contribution in [0.1, 0.15) is 61.8 Å². The molecule has 0 aromatic heterocycles. The van der Waals surface area contributed by atoms with Crippen LogP contribution in [-0.2, 0) is 42.5 Å². The number of aryl methyl sites for hydroxylation is 1. The summed E-state index contributed by atoms with van der Waals surface area (Å²) in [6.07, 6.45) is 24.0. The minimum atomic E-state index is -0.206. The molecule has 0 fully saturated rings. The maximum Gasteiger partial charge on any atom is -0.109 e. The number of allylic oxidation sites excluding steroid dienone is 8. The molecule has 1 atom stereocenters. The molecule has 0 spiro atoms. The molecular formula is C51H48Cl2F2Zr. The molecule has 0 amide bonds. The molecule has 3 aliphatic carbocycles. The summed E-state index contributed by atoms with van der Waals surface area (Å²) in [5.41, 5.74) is 11.4. The van der Waals surface area contributed by atoms with Gasteiger partial charge in [0.1, 0.15) is 0 Å². The quantitative estimate of drug-likeness (QED) is 0.130. The molecular weight excluding hydrogens is 813 g/mol. The number of unbranched alkanes of at least 4 members (excludes halogenated alkanes) is 1. The van der Waals surface area contributed by atoms with E-state index in [1.165, 1.54) is 114 Å². The van der Waals surface area contributed by atoms with Crippen molar-refractivity contribution < 1.29 is 33.0 Å². The maximum absolute atomic E-state index is 12.8. The average Bonchev–Trinajstić information content (AvgIpc) is 3.89. The fraction of sp³-hybridized carbons (Fsp3) is 0.196. The monoisotopic (exact) mass is 858 g/mol. The zero-order valence-corrected chi connectivity index (χ0v) is 36.3.